The molecule has 0 saturated heterocycles. The van der Waals surface area contributed by atoms with Crippen LogP contribution in [0.15, 0.2) is 59.6 Å². The number of aromatic nitrogens is 2. The van der Waals surface area contributed by atoms with Gasteiger partial charge in [0.2, 0.25) is 0 Å². The fraction of sp³-hybridized carbons (Fsp3) is 0.0625. The summed E-state index contributed by atoms with van der Waals surface area (Å²) in [7, 11) is -3.74. The Kier molecular flexibility index (Phi) is 3.87. The molecule has 0 radical (unpaired) electrons. The molecular formula is C16H14FN3O2S. The Morgan fingerprint density at radius 1 is 1.04 bits per heavy atom. The second-order valence-electron chi connectivity index (χ2n) is 5.02. The van der Waals surface area contributed by atoms with E-state index in [2.05, 4.69) is 14.7 Å². The fourth-order valence-corrected chi connectivity index (χ4v) is 3.17. The normalized spacial score (nSPS) is 11.4. The van der Waals surface area contributed by atoms with Gasteiger partial charge in [0.1, 0.15) is 11.6 Å². The van der Waals surface area contributed by atoms with Crippen molar-refractivity contribution in [3.05, 3.63) is 66.4 Å². The van der Waals surface area contributed by atoms with Crippen molar-refractivity contribution in [1.82, 2.24) is 9.97 Å². The summed E-state index contributed by atoms with van der Waals surface area (Å²) < 4.78 is 39.8. The molecule has 0 aliphatic carbocycles. The monoisotopic (exact) mass is 331 g/mol. The third kappa shape index (κ3) is 3.40. The number of H-pyrrole nitrogens is 1. The largest absolute Gasteiger partial charge is 0.342 e. The Hall–Kier alpha value is -2.67. The summed E-state index contributed by atoms with van der Waals surface area (Å²) in [6.45, 7) is 1.86. The van der Waals surface area contributed by atoms with Crippen LogP contribution in [-0.2, 0) is 10.0 Å². The number of nitrogens with one attached hydrogen (secondary N) is 2. The van der Waals surface area contributed by atoms with E-state index < -0.39 is 15.8 Å². The minimum Gasteiger partial charge on any atom is -0.342 e. The molecular weight excluding hydrogens is 317 g/mol. The molecule has 118 valence electrons. The molecule has 23 heavy (non-hydrogen) atoms. The number of halogens is 1. The number of imidazole rings is 1. The van der Waals surface area contributed by atoms with E-state index in [-0.39, 0.29) is 4.90 Å². The number of benzene rings is 2. The third-order valence-electron chi connectivity index (χ3n) is 3.27. The molecule has 0 atom stereocenters. The van der Waals surface area contributed by atoms with Gasteiger partial charge in [0.25, 0.3) is 10.0 Å². The molecule has 0 bridgehead atoms. The highest BCUT2D eigenvalue weighted by Gasteiger charge is 2.14. The van der Waals surface area contributed by atoms with Crippen molar-refractivity contribution in [3.63, 3.8) is 0 Å². The van der Waals surface area contributed by atoms with Crippen molar-refractivity contribution in [2.45, 2.75) is 11.8 Å². The van der Waals surface area contributed by atoms with E-state index in [9.17, 15) is 12.8 Å². The number of hydrogen-bond acceptors (Lipinski definition) is 3. The van der Waals surface area contributed by atoms with Gasteiger partial charge in [-0.3, -0.25) is 4.72 Å². The van der Waals surface area contributed by atoms with Crippen LogP contribution in [0.3, 0.4) is 0 Å². The Labute approximate surface area is 133 Å². The van der Waals surface area contributed by atoms with Crippen LogP contribution in [0.2, 0.25) is 0 Å². The van der Waals surface area contributed by atoms with Gasteiger partial charge in [0.05, 0.1) is 16.8 Å². The molecule has 1 heterocycles. The molecule has 0 aliphatic rings. The number of sulfonamides is 1. The smallest absolute Gasteiger partial charge is 0.261 e. The van der Waals surface area contributed by atoms with E-state index in [0.29, 0.717) is 5.69 Å². The van der Waals surface area contributed by atoms with Crippen molar-refractivity contribution in [1.29, 1.82) is 0 Å². The maximum absolute atomic E-state index is 12.9. The second-order valence-corrected chi connectivity index (χ2v) is 6.70. The Balaban J connectivity index is 1.81. The summed E-state index contributed by atoms with van der Waals surface area (Å²) in [4.78, 5) is 7.24. The second kappa shape index (κ2) is 5.85. The maximum Gasteiger partial charge on any atom is 0.261 e. The van der Waals surface area contributed by atoms with Gasteiger partial charge in [-0.15, -0.1) is 0 Å². The highest BCUT2D eigenvalue weighted by Crippen LogP contribution is 2.21. The zero-order chi connectivity index (χ0) is 16.4. The predicted octanol–water partition coefficient (Wildman–Crippen LogP) is 3.33. The lowest BCUT2D eigenvalue weighted by Gasteiger charge is -2.08. The van der Waals surface area contributed by atoms with E-state index in [1.807, 2.05) is 6.92 Å². The average molecular weight is 331 g/mol. The predicted molar refractivity (Wildman–Crippen MR) is 86.0 cm³/mol. The SMILES string of the molecule is Cc1ncc(-c2ccc(NS(=O)(=O)c3ccc(F)cc3)cc2)[nH]1. The summed E-state index contributed by atoms with van der Waals surface area (Å²) in [5.41, 5.74) is 2.18. The summed E-state index contributed by atoms with van der Waals surface area (Å²) >= 11 is 0. The Morgan fingerprint density at radius 3 is 2.26 bits per heavy atom. The summed E-state index contributed by atoms with van der Waals surface area (Å²) in [6, 6.07) is 11.6. The first-order valence-electron chi connectivity index (χ1n) is 6.84. The van der Waals surface area contributed by atoms with Crippen molar-refractivity contribution >= 4 is 15.7 Å². The summed E-state index contributed by atoms with van der Waals surface area (Å²) in [5, 5.41) is 0. The number of aromatic amines is 1. The van der Waals surface area contributed by atoms with Crippen LogP contribution < -0.4 is 4.72 Å². The van der Waals surface area contributed by atoms with E-state index in [1.165, 1.54) is 12.1 Å². The van der Waals surface area contributed by atoms with Crippen LogP contribution in [0.4, 0.5) is 10.1 Å². The molecule has 1 aromatic heterocycles. The molecule has 2 N–H and O–H groups in total. The lowest BCUT2D eigenvalue weighted by atomic mass is 10.1. The number of hydrogen-bond donors (Lipinski definition) is 2. The first-order chi connectivity index (χ1) is 10.9. The molecule has 0 aliphatic heterocycles. The third-order valence-corrected chi connectivity index (χ3v) is 4.67. The lowest BCUT2D eigenvalue weighted by molar-refractivity contribution is 0.599. The van der Waals surface area contributed by atoms with Crippen LogP contribution in [0, 0.1) is 12.7 Å². The lowest BCUT2D eigenvalue weighted by Crippen LogP contribution is -2.12. The first kappa shape index (κ1) is 15.2. The number of anilines is 1. The molecule has 0 fully saturated rings. The van der Waals surface area contributed by atoms with Crippen LogP contribution in [-0.4, -0.2) is 18.4 Å². The highest BCUT2D eigenvalue weighted by molar-refractivity contribution is 7.92. The van der Waals surface area contributed by atoms with Gasteiger partial charge in [-0.25, -0.2) is 17.8 Å². The molecule has 0 unspecified atom stereocenters. The van der Waals surface area contributed by atoms with Gasteiger partial charge in [0.15, 0.2) is 0 Å². The number of aryl methyl sites for hydroxylation is 1. The Bertz CT molecular complexity index is 917. The van der Waals surface area contributed by atoms with Crippen LogP contribution in [0.25, 0.3) is 11.3 Å². The van der Waals surface area contributed by atoms with Crippen LogP contribution >= 0.6 is 0 Å². The number of nitrogens with zero attached hydrogens (tertiary/aromatic N) is 1. The quantitative estimate of drug-likeness (QED) is 0.770. The standard InChI is InChI=1S/C16H14FN3O2S/c1-11-18-10-16(19-11)12-2-6-14(7-3-12)20-23(21,22)15-8-4-13(17)5-9-15/h2-10,20H,1H3,(H,18,19). The topological polar surface area (TPSA) is 74.8 Å². The van der Waals surface area contributed by atoms with Crippen molar-refractivity contribution in [3.8, 4) is 11.3 Å². The average Bonchev–Trinajstić information content (AvgIpc) is 2.95. The molecule has 3 aromatic rings. The highest BCUT2D eigenvalue weighted by atomic mass is 32.2. The zero-order valence-corrected chi connectivity index (χ0v) is 13.1. The van der Waals surface area contributed by atoms with Gasteiger partial charge in [-0.1, -0.05) is 12.1 Å². The van der Waals surface area contributed by atoms with E-state index in [1.54, 1.807) is 30.5 Å². The molecule has 2 aromatic carbocycles. The number of rotatable bonds is 4. The molecule has 3 rings (SSSR count). The Morgan fingerprint density at radius 2 is 1.70 bits per heavy atom. The van der Waals surface area contributed by atoms with Crippen molar-refractivity contribution in [2.75, 3.05) is 4.72 Å². The molecule has 7 heteroatoms. The maximum atomic E-state index is 12.9. The van der Waals surface area contributed by atoms with E-state index in [4.69, 9.17) is 0 Å². The molecule has 5 nitrogen and oxygen atoms in total. The molecule has 0 saturated carbocycles. The van der Waals surface area contributed by atoms with Gasteiger partial charge in [-0.05, 0) is 48.9 Å². The van der Waals surface area contributed by atoms with E-state index >= 15 is 0 Å². The fourth-order valence-electron chi connectivity index (χ4n) is 2.11. The molecule has 0 spiro atoms. The summed E-state index contributed by atoms with van der Waals surface area (Å²) in [6.07, 6.45) is 1.72. The van der Waals surface area contributed by atoms with Gasteiger partial charge >= 0.3 is 0 Å². The van der Waals surface area contributed by atoms with Crippen molar-refractivity contribution < 1.29 is 12.8 Å². The van der Waals surface area contributed by atoms with Gasteiger partial charge < -0.3 is 4.98 Å². The minimum absolute atomic E-state index is 0.00664. The first-order valence-corrected chi connectivity index (χ1v) is 8.33. The van der Waals surface area contributed by atoms with Crippen LogP contribution in [0.5, 0.6) is 0 Å². The molecule has 0 amide bonds. The van der Waals surface area contributed by atoms with Crippen molar-refractivity contribution in [2.24, 2.45) is 0 Å². The zero-order valence-electron chi connectivity index (χ0n) is 12.2. The van der Waals surface area contributed by atoms with Gasteiger partial charge in [-0.2, -0.15) is 0 Å². The van der Waals surface area contributed by atoms with E-state index in [0.717, 1.165) is 29.2 Å². The summed E-state index contributed by atoms with van der Waals surface area (Å²) in [5.74, 6) is 0.323. The minimum atomic E-state index is -3.74. The van der Waals surface area contributed by atoms with Gasteiger partial charge in [0, 0.05) is 5.69 Å². The van der Waals surface area contributed by atoms with Crippen LogP contribution in [0.1, 0.15) is 5.82 Å².